The van der Waals surface area contributed by atoms with E-state index in [-0.39, 0.29) is 12.1 Å². The first-order chi connectivity index (χ1) is 11.7. The predicted octanol–water partition coefficient (Wildman–Crippen LogP) is 3.23. The van der Waals surface area contributed by atoms with E-state index in [0.29, 0.717) is 6.54 Å². The summed E-state index contributed by atoms with van der Waals surface area (Å²) < 4.78 is 0. The van der Waals surface area contributed by atoms with Crippen LogP contribution in [0, 0.1) is 0 Å². The number of carbonyl (C=O) groups is 1. The summed E-state index contributed by atoms with van der Waals surface area (Å²) in [6, 6.07) is 9.54. The Kier molecular flexibility index (Phi) is 3.65. The lowest BCUT2D eigenvalue weighted by Crippen LogP contribution is -2.41. The number of nitrogens with zero attached hydrogens (tertiary/aromatic N) is 3. The minimum atomic E-state index is -0.360. The second-order valence-electron chi connectivity index (χ2n) is 6.11. The molecule has 2 aromatic heterocycles. The van der Waals surface area contributed by atoms with Crippen molar-refractivity contribution in [2.45, 2.75) is 25.3 Å². The highest BCUT2D eigenvalue weighted by Crippen LogP contribution is 2.35. The molecule has 3 heterocycles. The van der Waals surface area contributed by atoms with Crippen molar-refractivity contribution in [1.82, 2.24) is 19.9 Å². The number of fused-ring (bicyclic) bond motifs is 1. The molecular weight excluding hydrogens is 302 g/mol. The fraction of sp³-hybridized carbons (Fsp3) is 0.278. The Morgan fingerprint density at radius 3 is 2.83 bits per heavy atom. The summed E-state index contributed by atoms with van der Waals surface area (Å²) >= 11 is 0. The van der Waals surface area contributed by atoms with Crippen molar-refractivity contribution < 1.29 is 4.79 Å². The molecule has 1 atom stereocenters. The number of urea groups is 1. The lowest BCUT2D eigenvalue weighted by molar-refractivity contribution is 0.160. The van der Waals surface area contributed by atoms with Crippen LogP contribution in [0.4, 0.5) is 4.79 Å². The molecule has 1 unspecified atom stereocenters. The number of hydrogen-bond donors (Lipinski definition) is 2. The van der Waals surface area contributed by atoms with E-state index in [2.05, 4.69) is 9.97 Å². The van der Waals surface area contributed by atoms with Crippen LogP contribution in [-0.4, -0.2) is 32.4 Å². The number of rotatable bonds is 2. The zero-order valence-electron chi connectivity index (χ0n) is 13.3. The van der Waals surface area contributed by atoms with Gasteiger partial charge in [0.15, 0.2) is 0 Å². The molecule has 4 rings (SSSR count). The number of primary amides is 1. The number of imidazole rings is 1. The number of amides is 2. The van der Waals surface area contributed by atoms with Crippen molar-refractivity contribution in [3.8, 4) is 11.4 Å². The van der Waals surface area contributed by atoms with Gasteiger partial charge in [0.05, 0.1) is 17.1 Å². The lowest BCUT2D eigenvalue weighted by Gasteiger charge is -2.34. The van der Waals surface area contributed by atoms with Gasteiger partial charge in [-0.1, -0.05) is 12.1 Å². The fourth-order valence-electron chi connectivity index (χ4n) is 3.49. The third-order valence-corrected chi connectivity index (χ3v) is 4.64. The van der Waals surface area contributed by atoms with Crippen molar-refractivity contribution in [2.75, 3.05) is 6.54 Å². The van der Waals surface area contributed by atoms with Crippen LogP contribution in [0.3, 0.4) is 0 Å². The first kappa shape index (κ1) is 14.7. The maximum absolute atomic E-state index is 11.8. The SMILES string of the molecule is NC(=O)N1CCCCC1c1cccc2[nH]c(-c3ccncc3)nc12. The van der Waals surface area contributed by atoms with Crippen LogP contribution in [0.25, 0.3) is 22.4 Å². The average molecular weight is 321 g/mol. The first-order valence-corrected chi connectivity index (χ1v) is 8.19. The highest BCUT2D eigenvalue weighted by molar-refractivity contribution is 5.83. The van der Waals surface area contributed by atoms with Crippen LogP contribution in [0.1, 0.15) is 30.9 Å². The summed E-state index contributed by atoms with van der Waals surface area (Å²) in [5.41, 5.74) is 9.51. The molecule has 3 N–H and O–H groups in total. The summed E-state index contributed by atoms with van der Waals surface area (Å²) in [7, 11) is 0. The van der Waals surface area contributed by atoms with E-state index in [4.69, 9.17) is 10.7 Å². The van der Waals surface area contributed by atoms with Gasteiger partial charge >= 0.3 is 6.03 Å². The normalized spacial score (nSPS) is 18.0. The Morgan fingerprint density at radius 1 is 1.21 bits per heavy atom. The lowest BCUT2D eigenvalue weighted by atomic mass is 9.94. The van der Waals surface area contributed by atoms with Gasteiger partial charge in [0.1, 0.15) is 5.82 Å². The minimum absolute atomic E-state index is 0.00598. The Labute approximate surface area is 139 Å². The second kappa shape index (κ2) is 5.96. The van der Waals surface area contributed by atoms with Gasteiger partial charge in [-0.3, -0.25) is 4.98 Å². The number of hydrogen-bond acceptors (Lipinski definition) is 3. The number of benzene rings is 1. The number of nitrogens with two attached hydrogens (primary N) is 1. The largest absolute Gasteiger partial charge is 0.351 e. The van der Waals surface area contributed by atoms with E-state index in [1.54, 1.807) is 17.3 Å². The van der Waals surface area contributed by atoms with Crippen molar-refractivity contribution >= 4 is 17.1 Å². The van der Waals surface area contributed by atoms with Gasteiger partial charge in [0, 0.05) is 30.1 Å². The Hall–Kier alpha value is -2.89. The molecule has 3 aromatic rings. The van der Waals surface area contributed by atoms with Gasteiger partial charge in [-0.05, 0) is 37.5 Å². The third kappa shape index (κ3) is 2.50. The Balaban J connectivity index is 1.81. The Bertz CT molecular complexity index is 874. The van der Waals surface area contributed by atoms with Gasteiger partial charge < -0.3 is 15.6 Å². The number of carbonyl (C=O) groups excluding carboxylic acids is 1. The van der Waals surface area contributed by atoms with Crippen LogP contribution in [0.15, 0.2) is 42.7 Å². The number of aromatic nitrogens is 3. The van der Waals surface area contributed by atoms with E-state index in [1.807, 2.05) is 30.3 Å². The molecule has 0 aliphatic carbocycles. The minimum Gasteiger partial charge on any atom is -0.351 e. The molecular formula is C18H19N5O. The second-order valence-corrected chi connectivity index (χ2v) is 6.11. The van der Waals surface area contributed by atoms with Crippen LogP contribution in [0.2, 0.25) is 0 Å². The Morgan fingerprint density at radius 2 is 2.04 bits per heavy atom. The van der Waals surface area contributed by atoms with Crippen LogP contribution < -0.4 is 5.73 Å². The van der Waals surface area contributed by atoms with Crippen LogP contribution in [0.5, 0.6) is 0 Å². The number of pyridine rings is 1. The van der Waals surface area contributed by atoms with Crippen molar-refractivity contribution in [1.29, 1.82) is 0 Å². The monoisotopic (exact) mass is 321 g/mol. The molecule has 1 fully saturated rings. The number of para-hydroxylation sites is 1. The average Bonchev–Trinajstić information content (AvgIpc) is 3.06. The summed E-state index contributed by atoms with van der Waals surface area (Å²) in [5.74, 6) is 0.807. The predicted molar refractivity (Wildman–Crippen MR) is 92.2 cm³/mol. The van der Waals surface area contributed by atoms with E-state index in [9.17, 15) is 4.79 Å². The molecule has 0 spiro atoms. The zero-order chi connectivity index (χ0) is 16.5. The number of likely N-dealkylation sites (tertiary alicyclic amines) is 1. The molecule has 1 aliphatic rings. The standard InChI is InChI=1S/C18H19N5O/c19-18(24)23-11-2-1-6-15(23)13-4-3-5-14-16(13)22-17(21-14)12-7-9-20-10-8-12/h3-5,7-10,15H,1-2,6,11H2,(H2,19,24)(H,21,22). The van der Waals surface area contributed by atoms with Crippen molar-refractivity contribution in [3.05, 3.63) is 48.3 Å². The van der Waals surface area contributed by atoms with Crippen LogP contribution in [-0.2, 0) is 0 Å². The van der Waals surface area contributed by atoms with Gasteiger partial charge in [-0.15, -0.1) is 0 Å². The maximum atomic E-state index is 11.8. The van der Waals surface area contributed by atoms with Gasteiger partial charge in [-0.2, -0.15) is 0 Å². The maximum Gasteiger partial charge on any atom is 0.315 e. The summed E-state index contributed by atoms with van der Waals surface area (Å²) in [5, 5.41) is 0. The molecule has 0 saturated carbocycles. The van der Waals surface area contributed by atoms with E-state index in [0.717, 1.165) is 47.2 Å². The number of H-pyrrole nitrogens is 1. The molecule has 6 heteroatoms. The molecule has 0 bridgehead atoms. The molecule has 0 radical (unpaired) electrons. The topological polar surface area (TPSA) is 87.9 Å². The third-order valence-electron chi connectivity index (χ3n) is 4.64. The van der Waals surface area contributed by atoms with Crippen molar-refractivity contribution in [2.24, 2.45) is 5.73 Å². The van der Waals surface area contributed by atoms with Gasteiger partial charge in [-0.25, -0.2) is 9.78 Å². The quantitative estimate of drug-likeness (QED) is 0.759. The van der Waals surface area contributed by atoms with E-state index in [1.165, 1.54) is 0 Å². The zero-order valence-corrected chi connectivity index (χ0v) is 13.3. The number of piperidine rings is 1. The molecule has 1 aliphatic heterocycles. The van der Waals surface area contributed by atoms with Crippen molar-refractivity contribution in [3.63, 3.8) is 0 Å². The summed E-state index contributed by atoms with van der Waals surface area (Å²) in [6.45, 7) is 0.706. The highest BCUT2D eigenvalue weighted by Gasteiger charge is 2.28. The van der Waals surface area contributed by atoms with E-state index < -0.39 is 0 Å². The molecule has 1 saturated heterocycles. The first-order valence-electron chi connectivity index (χ1n) is 8.19. The number of aromatic amines is 1. The molecule has 122 valence electrons. The molecule has 24 heavy (non-hydrogen) atoms. The van der Waals surface area contributed by atoms with Crippen LogP contribution >= 0.6 is 0 Å². The fourth-order valence-corrected chi connectivity index (χ4v) is 3.49. The summed E-state index contributed by atoms with van der Waals surface area (Å²) in [4.78, 5) is 25.8. The molecule has 2 amide bonds. The highest BCUT2D eigenvalue weighted by atomic mass is 16.2. The number of nitrogens with one attached hydrogen (secondary N) is 1. The smallest absolute Gasteiger partial charge is 0.315 e. The van der Waals surface area contributed by atoms with Gasteiger partial charge in [0.25, 0.3) is 0 Å². The summed E-state index contributed by atoms with van der Waals surface area (Å²) in [6.07, 6.45) is 6.50. The molecule has 1 aromatic carbocycles. The molecule has 6 nitrogen and oxygen atoms in total. The van der Waals surface area contributed by atoms with E-state index >= 15 is 0 Å². The van der Waals surface area contributed by atoms with Gasteiger partial charge in [0.2, 0.25) is 0 Å².